The normalized spacial score (nSPS) is 10.9. The molecule has 2 amide bonds. The lowest BCUT2D eigenvalue weighted by Gasteiger charge is -2.11. The number of nitrogens with zero attached hydrogens (tertiary/aromatic N) is 1. The van der Waals surface area contributed by atoms with Crippen molar-refractivity contribution in [2.24, 2.45) is 0 Å². The Bertz CT molecular complexity index is 1060. The van der Waals surface area contributed by atoms with Gasteiger partial charge in [0.05, 0.1) is 15.6 Å². The van der Waals surface area contributed by atoms with E-state index in [1.165, 1.54) is 24.3 Å². The second-order valence-electron chi connectivity index (χ2n) is 5.78. The summed E-state index contributed by atoms with van der Waals surface area (Å²) in [4.78, 5) is 16.0. The van der Waals surface area contributed by atoms with Crippen molar-refractivity contribution < 1.29 is 13.2 Å². The molecule has 7 nitrogen and oxygen atoms in total. The molecule has 0 saturated heterocycles. The molecule has 0 radical (unpaired) electrons. The van der Waals surface area contributed by atoms with Crippen LogP contribution in [-0.4, -0.2) is 19.4 Å². The molecule has 0 atom stereocenters. The Morgan fingerprint density at radius 2 is 1.75 bits per heavy atom. The minimum Gasteiger partial charge on any atom is -0.334 e. The van der Waals surface area contributed by atoms with Crippen molar-refractivity contribution in [3.63, 3.8) is 0 Å². The Morgan fingerprint density at radius 1 is 1.00 bits per heavy atom. The van der Waals surface area contributed by atoms with Crippen LogP contribution in [0.4, 0.5) is 16.2 Å². The van der Waals surface area contributed by atoms with E-state index in [1.54, 1.807) is 42.7 Å². The minimum absolute atomic E-state index is 0.0498. The van der Waals surface area contributed by atoms with Crippen molar-refractivity contribution in [2.75, 3.05) is 10.0 Å². The number of halogens is 1. The van der Waals surface area contributed by atoms with Gasteiger partial charge in [-0.2, -0.15) is 0 Å². The predicted molar refractivity (Wildman–Crippen MR) is 109 cm³/mol. The van der Waals surface area contributed by atoms with E-state index in [9.17, 15) is 13.2 Å². The zero-order valence-corrected chi connectivity index (χ0v) is 16.2. The molecule has 3 rings (SSSR count). The summed E-state index contributed by atoms with van der Waals surface area (Å²) >= 11 is 5.99. The number of carbonyl (C=O) groups excluding carboxylic acids is 1. The molecule has 28 heavy (non-hydrogen) atoms. The lowest BCUT2D eigenvalue weighted by atomic mass is 10.3. The molecule has 0 aliphatic heterocycles. The quantitative estimate of drug-likeness (QED) is 0.568. The van der Waals surface area contributed by atoms with Gasteiger partial charge in [-0.25, -0.2) is 13.2 Å². The van der Waals surface area contributed by atoms with Crippen molar-refractivity contribution >= 4 is 39.0 Å². The number of hydrogen-bond donors (Lipinski definition) is 3. The molecule has 3 aromatic rings. The summed E-state index contributed by atoms with van der Waals surface area (Å²) in [6, 6.07) is 15.6. The number of sulfonamides is 1. The zero-order valence-electron chi connectivity index (χ0n) is 14.6. The Morgan fingerprint density at radius 3 is 2.43 bits per heavy atom. The van der Waals surface area contributed by atoms with Crippen molar-refractivity contribution in [1.82, 2.24) is 10.3 Å². The van der Waals surface area contributed by atoms with Gasteiger partial charge in [0, 0.05) is 24.6 Å². The van der Waals surface area contributed by atoms with E-state index in [-0.39, 0.29) is 4.90 Å². The number of para-hydroxylation sites is 1. The van der Waals surface area contributed by atoms with Crippen LogP contribution in [0.5, 0.6) is 0 Å². The standard InChI is InChI=1S/C19H17ClN4O3S/c20-17-5-1-2-6-18(17)24-28(26,27)16-9-7-15(8-10-16)23-19(25)22-13-14-4-3-11-21-12-14/h1-12,24H,13H2,(H2,22,23,25). The maximum Gasteiger partial charge on any atom is 0.319 e. The van der Waals surface area contributed by atoms with Crippen LogP contribution in [0.15, 0.2) is 78.0 Å². The molecule has 3 N–H and O–H groups in total. The van der Waals surface area contributed by atoms with Crippen LogP contribution in [0.3, 0.4) is 0 Å². The van der Waals surface area contributed by atoms with Crippen LogP contribution < -0.4 is 15.4 Å². The highest BCUT2D eigenvalue weighted by Gasteiger charge is 2.15. The summed E-state index contributed by atoms with van der Waals surface area (Å²) in [5.74, 6) is 0. The summed E-state index contributed by atoms with van der Waals surface area (Å²) in [5, 5.41) is 5.64. The maximum atomic E-state index is 12.5. The van der Waals surface area contributed by atoms with Crippen LogP contribution >= 0.6 is 11.6 Å². The summed E-state index contributed by atoms with van der Waals surface area (Å²) in [5.41, 5.74) is 1.62. The fraction of sp³-hybridized carbons (Fsp3) is 0.0526. The molecule has 2 aromatic carbocycles. The number of nitrogens with one attached hydrogen (secondary N) is 3. The van der Waals surface area contributed by atoms with Gasteiger partial charge in [-0.1, -0.05) is 29.8 Å². The average molecular weight is 417 g/mol. The number of amides is 2. The molecular formula is C19H17ClN4O3S. The third-order valence-electron chi connectivity index (χ3n) is 3.72. The fourth-order valence-electron chi connectivity index (χ4n) is 2.33. The van der Waals surface area contributed by atoms with Gasteiger partial charge < -0.3 is 10.6 Å². The third-order valence-corrected chi connectivity index (χ3v) is 5.43. The van der Waals surface area contributed by atoms with E-state index in [2.05, 4.69) is 20.3 Å². The minimum atomic E-state index is -3.80. The van der Waals surface area contributed by atoms with Crippen LogP contribution in [0, 0.1) is 0 Å². The molecule has 0 unspecified atom stereocenters. The van der Waals surface area contributed by atoms with E-state index >= 15 is 0 Å². The first kappa shape index (κ1) is 19.7. The Balaban J connectivity index is 1.61. The van der Waals surface area contributed by atoms with Crippen molar-refractivity contribution in [1.29, 1.82) is 0 Å². The van der Waals surface area contributed by atoms with Gasteiger partial charge in [0.15, 0.2) is 0 Å². The molecular weight excluding hydrogens is 400 g/mol. The SMILES string of the molecule is O=C(NCc1cccnc1)Nc1ccc(S(=O)(=O)Nc2ccccc2Cl)cc1. The molecule has 0 fully saturated rings. The number of aromatic nitrogens is 1. The van der Waals surface area contributed by atoms with Crippen LogP contribution in [0.2, 0.25) is 5.02 Å². The third kappa shape index (κ3) is 5.21. The van der Waals surface area contributed by atoms with Crippen molar-refractivity contribution in [3.05, 3.63) is 83.6 Å². The van der Waals surface area contributed by atoms with E-state index in [4.69, 9.17) is 11.6 Å². The van der Waals surface area contributed by atoms with E-state index < -0.39 is 16.1 Å². The highest BCUT2D eigenvalue weighted by molar-refractivity contribution is 7.92. The van der Waals surface area contributed by atoms with Crippen LogP contribution in [0.1, 0.15) is 5.56 Å². The Hall–Kier alpha value is -3.10. The van der Waals surface area contributed by atoms with E-state index in [0.717, 1.165) is 5.56 Å². The lowest BCUT2D eigenvalue weighted by molar-refractivity contribution is 0.251. The topological polar surface area (TPSA) is 100 Å². The second-order valence-corrected chi connectivity index (χ2v) is 7.87. The number of pyridine rings is 1. The van der Waals surface area contributed by atoms with Crippen molar-refractivity contribution in [2.45, 2.75) is 11.4 Å². The predicted octanol–water partition coefficient (Wildman–Crippen LogP) is 3.86. The lowest BCUT2D eigenvalue weighted by Crippen LogP contribution is -2.28. The summed E-state index contributed by atoms with van der Waals surface area (Å²) in [6.45, 7) is 0.327. The average Bonchev–Trinajstić information content (AvgIpc) is 2.69. The van der Waals surface area contributed by atoms with Gasteiger partial charge in [0.1, 0.15) is 0 Å². The van der Waals surface area contributed by atoms with Crippen LogP contribution in [-0.2, 0) is 16.6 Å². The first-order chi connectivity index (χ1) is 13.4. The number of anilines is 2. The summed E-state index contributed by atoms with van der Waals surface area (Å²) in [7, 11) is -3.80. The van der Waals surface area contributed by atoms with Crippen LogP contribution in [0.25, 0.3) is 0 Å². The zero-order chi connectivity index (χ0) is 20.0. The van der Waals surface area contributed by atoms with Crippen molar-refractivity contribution in [3.8, 4) is 0 Å². The highest BCUT2D eigenvalue weighted by atomic mass is 35.5. The smallest absolute Gasteiger partial charge is 0.319 e. The first-order valence-electron chi connectivity index (χ1n) is 8.25. The Labute approximate surface area is 167 Å². The molecule has 1 heterocycles. The van der Waals surface area contributed by atoms with Gasteiger partial charge in [0.2, 0.25) is 0 Å². The summed E-state index contributed by atoms with van der Waals surface area (Å²) < 4.78 is 27.4. The molecule has 0 saturated carbocycles. The summed E-state index contributed by atoms with van der Waals surface area (Å²) in [6.07, 6.45) is 3.31. The molecule has 144 valence electrons. The highest BCUT2D eigenvalue weighted by Crippen LogP contribution is 2.24. The van der Waals surface area contributed by atoms with E-state index in [1.807, 2.05) is 6.07 Å². The monoisotopic (exact) mass is 416 g/mol. The second kappa shape index (κ2) is 8.73. The van der Waals surface area contributed by atoms with Gasteiger partial charge in [-0.05, 0) is 48.0 Å². The van der Waals surface area contributed by atoms with Gasteiger partial charge in [0.25, 0.3) is 10.0 Å². The molecule has 0 bridgehead atoms. The number of urea groups is 1. The largest absolute Gasteiger partial charge is 0.334 e. The first-order valence-corrected chi connectivity index (χ1v) is 10.1. The molecule has 1 aromatic heterocycles. The van der Waals surface area contributed by atoms with Gasteiger partial charge >= 0.3 is 6.03 Å². The number of carbonyl (C=O) groups is 1. The van der Waals surface area contributed by atoms with Gasteiger partial charge in [-0.3, -0.25) is 9.71 Å². The molecule has 0 spiro atoms. The van der Waals surface area contributed by atoms with E-state index in [0.29, 0.717) is 22.9 Å². The number of benzene rings is 2. The molecule has 0 aliphatic rings. The fourth-order valence-corrected chi connectivity index (χ4v) is 3.64. The molecule has 9 heteroatoms. The number of hydrogen-bond acceptors (Lipinski definition) is 4. The molecule has 0 aliphatic carbocycles. The number of rotatable bonds is 6. The Kier molecular flexibility index (Phi) is 6.13. The van der Waals surface area contributed by atoms with Gasteiger partial charge in [-0.15, -0.1) is 0 Å². The maximum absolute atomic E-state index is 12.5.